The third-order valence-electron chi connectivity index (χ3n) is 6.04. The van der Waals surface area contributed by atoms with Gasteiger partial charge < -0.3 is 9.47 Å². The van der Waals surface area contributed by atoms with Gasteiger partial charge in [0.15, 0.2) is 7.11 Å². The maximum atomic E-state index is 6.25. The predicted octanol–water partition coefficient (Wildman–Crippen LogP) is 6.18. The van der Waals surface area contributed by atoms with Crippen LogP contribution in [0.5, 0.6) is 11.8 Å². The summed E-state index contributed by atoms with van der Waals surface area (Å²) in [5.41, 5.74) is 6.84. The van der Waals surface area contributed by atoms with Crippen LogP contribution in [0.1, 0.15) is 30.0 Å². The molecule has 0 spiro atoms. The van der Waals surface area contributed by atoms with Crippen molar-refractivity contribution in [1.29, 1.82) is 0 Å². The second-order valence-electron chi connectivity index (χ2n) is 7.47. The molecule has 142 valence electrons. The van der Waals surface area contributed by atoms with E-state index in [2.05, 4.69) is 36.2 Å². The monoisotopic (exact) mass is 382 g/mol. The summed E-state index contributed by atoms with van der Waals surface area (Å²) in [6, 6.07) is 12.2. The lowest BCUT2D eigenvalue weighted by Gasteiger charge is -2.30. The number of fused-ring (bicyclic) bond motifs is 6. The molecule has 0 atom stereocenters. The molecule has 4 aromatic rings. The molecule has 6 rings (SSSR count). The van der Waals surface area contributed by atoms with Gasteiger partial charge in [-0.05, 0) is 54.7 Å². The van der Waals surface area contributed by atoms with E-state index in [4.69, 9.17) is 13.9 Å². The summed E-state index contributed by atoms with van der Waals surface area (Å²) in [5.74, 6) is 2.16. The van der Waals surface area contributed by atoms with E-state index in [1.165, 1.54) is 22.3 Å². The minimum absolute atomic E-state index is 0.572. The van der Waals surface area contributed by atoms with Gasteiger partial charge in [-0.25, -0.2) is 4.98 Å². The highest BCUT2D eigenvalue weighted by Gasteiger charge is 2.35. The molecular formula is C25H20NO3+. The van der Waals surface area contributed by atoms with Crippen molar-refractivity contribution in [2.45, 2.75) is 26.2 Å². The lowest BCUT2D eigenvalue weighted by Crippen LogP contribution is -2.15. The van der Waals surface area contributed by atoms with E-state index < -0.39 is 0 Å². The number of methoxy groups -OCH3 is 1. The van der Waals surface area contributed by atoms with E-state index in [0.717, 1.165) is 52.3 Å². The van der Waals surface area contributed by atoms with Crippen molar-refractivity contribution in [1.82, 2.24) is 4.98 Å². The standard InChI is InChI=1S/C25H20NO3/c1-3-14-15-9-6-12-19-20(15)22(17-10-7-13-26-24(17)28-19)21-16-8-4-5-11-18(16)29-25(27-2)23(14)21/h4-5,7-8,10-13H,3,6,9H2,1-2H3/q+1. The molecule has 2 aromatic heterocycles. The summed E-state index contributed by atoms with van der Waals surface area (Å²) in [5, 5.41) is 3.31. The Morgan fingerprint density at radius 2 is 2.00 bits per heavy atom. The minimum Gasteiger partial charge on any atom is -0.438 e. The first kappa shape index (κ1) is 16.5. The average Bonchev–Trinajstić information content (AvgIpc) is 2.78. The first-order valence-electron chi connectivity index (χ1n) is 10.1. The second kappa shape index (κ2) is 6.05. The fourth-order valence-corrected chi connectivity index (χ4v) is 4.92. The average molecular weight is 382 g/mol. The lowest BCUT2D eigenvalue weighted by atomic mass is 9.79. The third kappa shape index (κ3) is 2.14. The Balaban J connectivity index is 1.95. The smallest absolute Gasteiger partial charge is 0.438 e. The van der Waals surface area contributed by atoms with E-state index in [1.807, 2.05) is 18.2 Å². The van der Waals surface area contributed by atoms with Crippen LogP contribution in [-0.2, 0) is 12.8 Å². The molecule has 29 heavy (non-hydrogen) atoms. The summed E-state index contributed by atoms with van der Waals surface area (Å²) in [4.78, 5) is 4.52. The highest BCUT2D eigenvalue weighted by molar-refractivity contribution is 6.18. The summed E-state index contributed by atoms with van der Waals surface area (Å²) >= 11 is 0. The zero-order chi connectivity index (χ0) is 19.5. The van der Waals surface area contributed by atoms with Gasteiger partial charge in [-0.3, -0.25) is 4.42 Å². The number of hydrogen-bond donors (Lipinski definition) is 0. The van der Waals surface area contributed by atoms with Crippen LogP contribution in [0.4, 0.5) is 0 Å². The van der Waals surface area contributed by atoms with E-state index in [1.54, 1.807) is 13.3 Å². The fraction of sp³-hybridized carbons (Fsp3) is 0.200. The molecule has 0 fully saturated rings. The van der Waals surface area contributed by atoms with E-state index >= 15 is 0 Å². The summed E-state index contributed by atoms with van der Waals surface area (Å²) in [6.45, 7) is 2.20. The number of nitrogens with zero attached hydrogens (tertiary/aromatic N) is 1. The highest BCUT2D eigenvalue weighted by Crippen LogP contribution is 2.52. The largest absolute Gasteiger partial charge is 0.526 e. The summed E-state index contributed by atoms with van der Waals surface area (Å²) in [6.07, 6.45) is 6.82. The van der Waals surface area contributed by atoms with Crippen molar-refractivity contribution < 1.29 is 13.9 Å². The van der Waals surface area contributed by atoms with Crippen LogP contribution in [0.15, 0.2) is 53.1 Å². The number of benzene rings is 2. The highest BCUT2D eigenvalue weighted by atomic mass is 16.6. The Morgan fingerprint density at radius 3 is 2.86 bits per heavy atom. The Bertz CT molecular complexity index is 1350. The first-order chi connectivity index (χ1) is 14.3. The molecule has 1 aliphatic heterocycles. The molecule has 3 heterocycles. The van der Waals surface area contributed by atoms with Crippen molar-refractivity contribution in [3.8, 4) is 23.0 Å². The van der Waals surface area contributed by atoms with Gasteiger partial charge in [0.25, 0.3) is 5.58 Å². The maximum absolute atomic E-state index is 6.25. The zero-order valence-corrected chi connectivity index (χ0v) is 16.4. The third-order valence-corrected chi connectivity index (χ3v) is 6.04. The molecule has 0 saturated heterocycles. The van der Waals surface area contributed by atoms with Crippen LogP contribution in [0.25, 0.3) is 38.6 Å². The molecule has 0 amide bonds. The predicted molar refractivity (Wildman–Crippen MR) is 114 cm³/mol. The van der Waals surface area contributed by atoms with E-state index in [0.29, 0.717) is 11.8 Å². The van der Waals surface area contributed by atoms with Gasteiger partial charge >= 0.3 is 5.95 Å². The minimum atomic E-state index is 0.572. The number of ether oxygens (including phenoxy) is 2. The molecular weight excluding hydrogens is 362 g/mol. The number of aromatic nitrogens is 1. The number of rotatable bonds is 2. The quantitative estimate of drug-likeness (QED) is 0.307. The molecule has 0 N–H and O–H groups in total. The Morgan fingerprint density at radius 1 is 1.10 bits per heavy atom. The molecule has 0 radical (unpaired) electrons. The van der Waals surface area contributed by atoms with Crippen LogP contribution in [0.2, 0.25) is 0 Å². The number of para-hydroxylation sites is 1. The van der Waals surface area contributed by atoms with Gasteiger partial charge in [0.1, 0.15) is 11.1 Å². The Kier molecular flexibility index (Phi) is 3.45. The van der Waals surface area contributed by atoms with Crippen molar-refractivity contribution in [3.05, 3.63) is 65.4 Å². The van der Waals surface area contributed by atoms with Gasteiger partial charge in [-0.15, -0.1) is 0 Å². The van der Waals surface area contributed by atoms with Crippen molar-refractivity contribution in [3.63, 3.8) is 0 Å². The van der Waals surface area contributed by atoms with E-state index in [9.17, 15) is 0 Å². The molecule has 1 aliphatic carbocycles. The molecule has 4 heteroatoms. The van der Waals surface area contributed by atoms with Crippen LogP contribution in [-0.4, -0.2) is 12.1 Å². The first-order valence-corrected chi connectivity index (χ1v) is 10.1. The normalized spacial score (nSPS) is 14.2. The van der Waals surface area contributed by atoms with Crippen molar-refractivity contribution in [2.24, 2.45) is 0 Å². The molecule has 0 saturated carbocycles. The summed E-state index contributed by atoms with van der Waals surface area (Å²) < 4.78 is 18.2. The molecule has 0 unspecified atom stereocenters. The molecule has 0 bridgehead atoms. The van der Waals surface area contributed by atoms with Gasteiger partial charge in [-0.1, -0.05) is 19.1 Å². The number of aryl methyl sites for hydroxylation is 1. The fourth-order valence-electron chi connectivity index (χ4n) is 4.92. The van der Waals surface area contributed by atoms with Crippen molar-refractivity contribution in [2.75, 3.05) is 7.11 Å². The maximum Gasteiger partial charge on any atom is 0.526 e. The molecule has 2 aliphatic rings. The Hall–Kier alpha value is -3.40. The second-order valence-corrected chi connectivity index (χ2v) is 7.47. The summed E-state index contributed by atoms with van der Waals surface area (Å²) in [7, 11) is 1.68. The van der Waals surface area contributed by atoms with Gasteiger partial charge in [-0.2, -0.15) is 0 Å². The van der Waals surface area contributed by atoms with Gasteiger partial charge in [0.2, 0.25) is 5.88 Å². The van der Waals surface area contributed by atoms with Gasteiger partial charge in [0.05, 0.1) is 5.39 Å². The van der Waals surface area contributed by atoms with Crippen LogP contribution in [0.3, 0.4) is 0 Å². The number of hydrogen-bond acceptors (Lipinski definition) is 3. The van der Waals surface area contributed by atoms with Crippen molar-refractivity contribution >= 4 is 27.5 Å². The van der Waals surface area contributed by atoms with Gasteiger partial charge in [0, 0.05) is 34.3 Å². The van der Waals surface area contributed by atoms with Crippen LogP contribution < -0.4 is 9.47 Å². The lowest BCUT2D eigenvalue weighted by molar-refractivity contribution is 0.316. The number of pyridine rings is 1. The SMILES string of the molecule is CCc1c2c3c(c4c1c(OC)[o+]c1ccccc14)-c1cccnc1OC3=CCC2. The van der Waals surface area contributed by atoms with E-state index in [-0.39, 0.29) is 0 Å². The van der Waals surface area contributed by atoms with Crippen LogP contribution in [0, 0.1) is 0 Å². The molecule has 4 nitrogen and oxygen atoms in total. The number of allylic oxidation sites excluding steroid dienone is 1. The topological polar surface area (TPSA) is 42.7 Å². The Labute approximate surface area is 168 Å². The molecule has 2 aromatic carbocycles. The van der Waals surface area contributed by atoms with Crippen LogP contribution >= 0.6 is 0 Å². The zero-order valence-electron chi connectivity index (χ0n) is 16.4.